The normalized spacial score (nSPS) is 10.8. The van der Waals surface area contributed by atoms with Gasteiger partial charge in [-0.15, -0.1) is 11.8 Å². The molecular weight excluding hydrogens is 330 g/mol. The number of fused-ring (bicyclic) bond motifs is 1. The Labute approximate surface area is 152 Å². The molecule has 2 aromatic carbocycles. The van der Waals surface area contributed by atoms with Gasteiger partial charge < -0.3 is 14.8 Å². The van der Waals surface area contributed by atoms with Gasteiger partial charge in [0.05, 0.1) is 5.52 Å². The van der Waals surface area contributed by atoms with Gasteiger partial charge in [-0.2, -0.15) is 0 Å². The number of thioether (sulfide) groups is 1. The molecule has 0 unspecified atom stereocenters. The minimum Gasteiger partial charge on any atom is -0.348 e. The standard InChI is InChI=1S/C20H23N3OS/c1-4-23-12-11-16-7-8-17(13-19(16)23)21-20(24)22(2)14-15-5-9-18(25-3)10-6-15/h5-13H,4,14H2,1-3H3,(H,21,24). The second-order valence-corrected chi connectivity index (χ2v) is 6.89. The van der Waals surface area contributed by atoms with Crippen LogP contribution in [-0.4, -0.2) is 28.8 Å². The first-order chi connectivity index (χ1) is 12.1. The summed E-state index contributed by atoms with van der Waals surface area (Å²) in [6.07, 6.45) is 4.13. The van der Waals surface area contributed by atoms with Crippen molar-refractivity contribution in [3.05, 3.63) is 60.3 Å². The molecule has 25 heavy (non-hydrogen) atoms. The van der Waals surface area contributed by atoms with E-state index in [0.717, 1.165) is 23.3 Å². The third-order valence-electron chi connectivity index (χ3n) is 4.29. The van der Waals surface area contributed by atoms with Crippen molar-refractivity contribution in [2.24, 2.45) is 0 Å². The first kappa shape index (κ1) is 17.4. The summed E-state index contributed by atoms with van der Waals surface area (Å²) >= 11 is 1.71. The Kier molecular flexibility index (Phi) is 5.34. The quantitative estimate of drug-likeness (QED) is 0.652. The van der Waals surface area contributed by atoms with Crippen molar-refractivity contribution in [1.29, 1.82) is 0 Å². The molecule has 3 rings (SSSR count). The molecular formula is C20H23N3OS. The van der Waals surface area contributed by atoms with Crippen LogP contribution in [0.5, 0.6) is 0 Å². The van der Waals surface area contributed by atoms with E-state index >= 15 is 0 Å². The number of hydrogen-bond acceptors (Lipinski definition) is 2. The predicted molar refractivity (Wildman–Crippen MR) is 106 cm³/mol. The molecule has 0 bridgehead atoms. The largest absolute Gasteiger partial charge is 0.348 e. The molecule has 130 valence electrons. The predicted octanol–water partition coefficient (Wildman–Crippen LogP) is 5.05. The van der Waals surface area contributed by atoms with Crippen LogP contribution in [0.3, 0.4) is 0 Å². The van der Waals surface area contributed by atoms with Gasteiger partial charge in [0.25, 0.3) is 0 Å². The number of nitrogens with zero attached hydrogens (tertiary/aromatic N) is 2. The minimum atomic E-state index is -0.108. The fourth-order valence-corrected chi connectivity index (χ4v) is 3.24. The highest BCUT2D eigenvalue weighted by molar-refractivity contribution is 7.98. The summed E-state index contributed by atoms with van der Waals surface area (Å²) in [5, 5.41) is 4.17. The van der Waals surface area contributed by atoms with Crippen LogP contribution in [0.4, 0.5) is 10.5 Å². The maximum Gasteiger partial charge on any atom is 0.321 e. The fourth-order valence-electron chi connectivity index (χ4n) is 2.83. The summed E-state index contributed by atoms with van der Waals surface area (Å²) in [7, 11) is 1.81. The summed E-state index contributed by atoms with van der Waals surface area (Å²) in [5.74, 6) is 0. The van der Waals surface area contributed by atoms with Gasteiger partial charge in [-0.1, -0.05) is 18.2 Å². The van der Waals surface area contributed by atoms with Crippen molar-refractivity contribution < 1.29 is 4.79 Å². The zero-order valence-electron chi connectivity index (χ0n) is 14.8. The van der Waals surface area contributed by atoms with Gasteiger partial charge >= 0.3 is 6.03 Å². The number of carbonyl (C=O) groups is 1. The molecule has 0 saturated heterocycles. The maximum atomic E-state index is 12.5. The van der Waals surface area contributed by atoms with Crippen LogP contribution in [-0.2, 0) is 13.1 Å². The van der Waals surface area contributed by atoms with Crippen molar-refractivity contribution in [3.8, 4) is 0 Å². The maximum absolute atomic E-state index is 12.5. The first-order valence-corrected chi connectivity index (χ1v) is 9.57. The van der Waals surface area contributed by atoms with Gasteiger partial charge in [0.2, 0.25) is 0 Å². The summed E-state index contributed by atoms with van der Waals surface area (Å²) in [5.41, 5.74) is 3.07. The summed E-state index contributed by atoms with van der Waals surface area (Å²) in [6.45, 7) is 3.60. The third kappa shape index (κ3) is 3.99. The number of nitrogens with one attached hydrogen (secondary N) is 1. The lowest BCUT2D eigenvalue weighted by atomic mass is 10.2. The van der Waals surface area contributed by atoms with Crippen molar-refractivity contribution in [1.82, 2.24) is 9.47 Å². The topological polar surface area (TPSA) is 37.3 Å². The molecule has 1 aromatic heterocycles. The SMILES string of the molecule is CCn1ccc2ccc(NC(=O)N(C)Cc3ccc(SC)cc3)cc21. The summed E-state index contributed by atoms with van der Waals surface area (Å²) < 4.78 is 2.17. The Morgan fingerprint density at radius 2 is 1.92 bits per heavy atom. The molecule has 5 heteroatoms. The minimum absolute atomic E-state index is 0.108. The number of rotatable bonds is 5. The Balaban J connectivity index is 1.68. The van der Waals surface area contributed by atoms with Crippen LogP contribution < -0.4 is 5.32 Å². The molecule has 0 saturated carbocycles. The lowest BCUT2D eigenvalue weighted by Crippen LogP contribution is -2.30. The molecule has 1 N–H and O–H groups in total. The van der Waals surface area contributed by atoms with E-state index in [1.807, 2.05) is 25.2 Å². The monoisotopic (exact) mass is 353 g/mol. The zero-order chi connectivity index (χ0) is 17.8. The highest BCUT2D eigenvalue weighted by atomic mass is 32.2. The highest BCUT2D eigenvalue weighted by Crippen LogP contribution is 2.21. The smallest absolute Gasteiger partial charge is 0.321 e. The van der Waals surface area contributed by atoms with Crippen LogP contribution in [0.1, 0.15) is 12.5 Å². The van der Waals surface area contributed by atoms with E-state index in [9.17, 15) is 4.79 Å². The van der Waals surface area contributed by atoms with Crippen molar-refractivity contribution in [3.63, 3.8) is 0 Å². The number of aromatic nitrogens is 1. The number of hydrogen-bond donors (Lipinski definition) is 1. The summed E-state index contributed by atoms with van der Waals surface area (Å²) in [6, 6.07) is 16.3. The number of amides is 2. The van der Waals surface area contributed by atoms with Gasteiger partial charge in [0.1, 0.15) is 0 Å². The molecule has 0 spiro atoms. The third-order valence-corrected chi connectivity index (χ3v) is 5.03. The number of urea groups is 1. The molecule has 0 aliphatic heterocycles. The molecule has 0 aliphatic carbocycles. The molecule has 0 atom stereocenters. The molecule has 4 nitrogen and oxygen atoms in total. The average molecular weight is 353 g/mol. The first-order valence-electron chi connectivity index (χ1n) is 8.34. The molecule has 0 aliphatic rings. The van der Waals surface area contributed by atoms with Gasteiger partial charge in [-0.3, -0.25) is 0 Å². The van der Waals surface area contributed by atoms with Crippen LogP contribution in [0.15, 0.2) is 59.6 Å². The second-order valence-electron chi connectivity index (χ2n) is 6.01. The molecule has 1 heterocycles. The van der Waals surface area contributed by atoms with Gasteiger partial charge in [0, 0.05) is 36.9 Å². The average Bonchev–Trinajstić information content (AvgIpc) is 3.04. The fraction of sp³-hybridized carbons (Fsp3) is 0.250. The molecule has 0 radical (unpaired) electrons. The number of benzene rings is 2. The van der Waals surface area contributed by atoms with Crippen LogP contribution in [0.2, 0.25) is 0 Å². The Bertz CT molecular complexity index is 870. The molecule has 0 fully saturated rings. The van der Waals surface area contributed by atoms with Crippen LogP contribution in [0, 0.1) is 0 Å². The lowest BCUT2D eigenvalue weighted by molar-refractivity contribution is 0.220. The zero-order valence-corrected chi connectivity index (χ0v) is 15.6. The highest BCUT2D eigenvalue weighted by Gasteiger charge is 2.10. The van der Waals surface area contributed by atoms with Crippen LogP contribution in [0.25, 0.3) is 10.9 Å². The van der Waals surface area contributed by atoms with E-state index in [4.69, 9.17) is 0 Å². The van der Waals surface area contributed by atoms with Gasteiger partial charge in [-0.25, -0.2) is 4.79 Å². The van der Waals surface area contributed by atoms with E-state index < -0.39 is 0 Å². The Morgan fingerprint density at radius 1 is 1.16 bits per heavy atom. The van der Waals surface area contributed by atoms with Crippen LogP contribution >= 0.6 is 11.8 Å². The second kappa shape index (κ2) is 7.66. The molecule has 2 amide bonds. The van der Waals surface area contributed by atoms with Crippen molar-refractivity contribution >= 4 is 34.4 Å². The van der Waals surface area contributed by atoms with Crippen molar-refractivity contribution in [2.75, 3.05) is 18.6 Å². The Hall–Kier alpha value is -2.40. The number of carbonyl (C=O) groups excluding carboxylic acids is 1. The number of anilines is 1. The van der Waals surface area contributed by atoms with E-state index in [0.29, 0.717) is 6.54 Å². The van der Waals surface area contributed by atoms with E-state index in [1.54, 1.807) is 16.7 Å². The van der Waals surface area contributed by atoms with E-state index in [1.165, 1.54) is 10.3 Å². The van der Waals surface area contributed by atoms with E-state index in [-0.39, 0.29) is 6.03 Å². The van der Waals surface area contributed by atoms with E-state index in [2.05, 4.69) is 59.6 Å². The Morgan fingerprint density at radius 3 is 2.60 bits per heavy atom. The van der Waals surface area contributed by atoms with Gasteiger partial charge in [0.15, 0.2) is 0 Å². The summed E-state index contributed by atoms with van der Waals surface area (Å²) in [4.78, 5) is 15.4. The van der Waals surface area contributed by atoms with Gasteiger partial charge in [-0.05, 0) is 54.5 Å². The molecule has 3 aromatic rings. The number of aryl methyl sites for hydroxylation is 1. The van der Waals surface area contributed by atoms with Crippen molar-refractivity contribution in [2.45, 2.75) is 24.9 Å². The lowest BCUT2D eigenvalue weighted by Gasteiger charge is -2.18.